The van der Waals surface area contributed by atoms with Gasteiger partial charge in [-0.2, -0.15) is 0 Å². The SMILES string of the molecule is CC(CC(=O)N1CCN(C(=O)c2ccc([N+](=O)[O-])cc2)CC1)C1CCCNC1.Cl. The van der Waals surface area contributed by atoms with E-state index in [1.807, 2.05) is 4.90 Å². The van der Waals surface area contributed by atoms with Gasteiger partial charge in [0.05, 0.1) is 4.92 Å². The summed E-state index contributed by atoms with van der Waals surface area (Å²) >= 11 is 0. The fourth-order valence-corrected chi connectivity index (χ4v) is 4.00. The van der Waals surface area contributed by atoms with Crippen molar-refractivity contribution >= 4 is 29.9 Å². The third kappa shape index (κ3) is 5.90. The highest BCUT2D eigenvalue weighted by Crippen LogP contribution is 2.23. The molecule has 0 spiro atoms. The van der Waals surface area contributed by atoms with Crippen molar-refractivity contribution in [2.45, 2.75) is 26.2 Å². The lowest BCUT2D eigenvalue weighted by Crippen LogP contribution is -2.51. The van der Waals surface area contributed by atoms with Gasteiger partial charge in [-0.3, -0.25) is 19.7 Å². The molecule has 2 fully saturated rings. The Balaban J connectivity index is 0.00000300. The number of nitro benzene ring substituents is 1. The second-order valence-corrected chi connectivity index (χ2v) is 7.76. The van der Waals surface area contributed by atoms with Crippen LogP contribution in [0.15, 0.2) is 24.3 Å². The number of amides is 2. The molecule has 160 valence electrons. The van der Waals surface area contributed by atoms with Gasteiger partial charge in [-0.25, -0.2) is 0 Å². The van der Waals surface area contributed by atoms with E-state index in [-0.39, 0.29) is 29.9 Å². The second-order valence-electron chi connectivity index (χ2n) is 7.76. The third-order valence-corrected chi connectivity index (χ3v) is 5.88. The summed E-state index contributed by atoms with van der Waals surface area (Å²) in [4.78, 5) is 39.0. The molecule has 2 unspecified atom stereocenters. The highest BCUT2D eigenvalue weighted by Gasteiger charge is 2.28. The quantitative estimate of drug-likeness (QED) is 0.578. The minimum Gasteiger partial charge on any atom is -0.339 e. The molecule has 0 aliphatic carbocycles. The summed E-state index contributed by atoms with van der Waals surface area (Å²) < 4.78 is 0. The topological polar surface area (TPSA) is 95.8 Å². The lowest BCUT2D eigenvalue weighted by Gasteiger charge is -2.36. The van der Waals surface area contributed by atoms with Gasteiger partial charge in [0.1, 0.15) is 0 Å². The van der Waals surface area contributed by atoms with Gasteiger partial charge in [-0.1, -0.05) is 6.92 Å². The van der Waals surface area contributed by atoms with E-state index in [4.69, 9.17) is 0 Å². The van der Waals surface area contributed by atoms with Crippen LogP contribution in [0.2, 0.25) is 0 Å². The number of benzene rings is 1. The largest absolute Gasteiger partial charge is 0.339 e. The third-order valence-electron chi connectivity index (χ3n) is 5.88. The number of nitro groups is 1. The Morgan fingerprint density at radius 1 is 1.17 bits per heavy atom. The van der Waals surface area contributed by atoms with Crippen LogP contribution in [-0.4, -0.2) is 65.8 Å². The number of rotatable bonds is 5. The van der Waals surface area contributed by atoms with E-state index in [1.165, 1.54) is 37.1 Å². The van der Waals surface area contributed by atoms with Gasteiger partial charge in [0.2, 0.25) is 5.91 Å². The highest BCUT2D eigenvalue weighted by molar-refractivity contribution is 5.94. The van der Waals surface area contributed by atoms with E-state index in [9.17, 15) is 19.7 Å². The molecular formula is C20H29ClN4O4. The Bertz CT molecular complexity index is 714. The van der Waals surface area contributed by atoms with Crippen molar-refractivity contribution in [3.63, 3.8) is 0 Å². The van der Waals surface area contributed by atoms with E-state index in [2.05, 4.69) is 12.2 Å². The maximum absolute atomic E-state index is 12.6. The van der Waals surface area contributed by atoms with Crippen LogP contribution < -0.4 is 5.32 Å². The number of nitrogens with zero attached hydrogens (tertiary/aromatic N) is 3. The summed E-state index contributed by atoms with van der Waals surface area (Å²) in [5, 5.41) is 14.1. The number of halogens is 1. The Kier molecular flexibility index (Phi) is 8.40. The lowest BCUT2D eigenvalue weighted by molar-refractivity contribution is -0.384. The number of carbonyl (C=O) groups excluding carboxylic acids is 2. The predicted octanol–water partition coefficient (Wildman–Crippen LogP) is 2.33. The zero-order chi connectivity index (χ0) is 20.1. The molecule has 3 rings (SSSR count). The monoisotopic (exact) mass is 424 g/mol. The summed E-state index contributed by atoms with van der Waals surface area (Å²) in [5.74, 6) is 0.937. The van der Waals surface area contributed by atoms with Crippen LogP contribution in [-0.2, 0) is 4.79 Å². The number of piperidine rings is 1. The number of nitrogens with one attached hydrogen (secondary N) is 1. The van der Waals surface area contributed by atoms with Crippen LogP contribution in [0, 0.1) is 22.0 Å². The van der Waals surface area contributed by atoms with E-state index in [0.717, 1.165) is 13.1 Å². The Morgan fingerprint density at radius 2 is 1.79 bits per heavy atom. The second kappa shape index (κ2) is 10.5. The minimum absolute atomic E-state index is 0. The van der Waals surface area contributed by atoms with Crippen molar-refractivity contribution in [1.82, 2.24) is 15.1 Å². The van der Waals surface area contributed by atoms with E-state index >= 15 is 0 Å². The van der Waals surface area contributed by atoms with Crippen LogP contribution in [0.4, 0.5) is 5.69 Å². The van der Waals surface area contributed by atoms with E-state index in [0.29, 0.717) is 50.0 Å². The Hall–Kier alpha value is -2.19. The molecule has 9 heteroatoms. The molecule has 2 aliphatic rings. The molecule has 0 saturated carbocycles. The number of hydrogen-bond donors (Lipinski definition) is 1. The Morgan fingerprint density at radius 3 is 2.34 bits per heavy atom. The van der Waals surface area contributed by atoms with Crippen molar-refractivity contribution in [3.05, 3.63) is 39.9 Å². The van der Waals surface area contributed by atoms with Gasteiger partial charge in [0.25, 0.3) is 11.6 Å². The normalized spacial score (nSPS) is 20.5. The molecule has 2 heterocycles. The van der Waals surface area contributed by atoms with E-state index in [1.54, 1.807) is 4.90 Å². The van der Waals surface area contributed by atoms with Crippen LogP contribution in [0.3, 0.4) is 0 Å². The fourth-order valence-electron chi connectivity index (χ4n) is 4.00. The number of carbonyl (C=O) groups is 2. The summed E-state index contributed by atoms with van der Waals surface area (Å²) in [6.45, 7) is 6.26. The molecule has 2 aliphatic heterocycles. The maximum Gasteiger partial charge on any atom is 0.269 e. The van der Waals surface area contributed by atoms with Gasteiger partial charge < -0.3 is 15.1 Å². The molecule has 1 aromatic rings. The molecule has 1 aromatic carbocycles. The molecule has 1 N–H and O–H groups in total. The zero-order valence-electron chi connectivity index (χ0n) is 16.7. The van der Waals surface area contributed by atoms with Gasteiger partial charge >= 0.3 is 0 Å². The molecule has 2 saturated heterocycles. The zero-order valence-corrected chi connectivity index (χ0v) is 17.5. The molecular weight excluding hydrogens is 396 g/mol. The molecule has 8 nitrogen and oxygen atoms in total. The molecule has 0 bridgehead atoms. The van der Waals surface area contributed by atoms with Gasteiger partial charge in [0.15, 0.2) is 0 Å². The van der Waals surface area contributed by atoms with Crippen LogP contribution in [0.25, 0.3) is 0 Å². The molecule has 29 heavy (non-hydrogen) atoms. The smallest absolute Gasteiger partial charge is 0.269 e. The lowest BCUT2D eigenvalue weighted by atomic mass is 9.85. The summed E-state index contributed by atoms with van der Waals surface area (Å²) in [6.07, 6.45) is 2.91. The summed E-state index contributed by atoms with van der Waals surface area (Å²) in [6, 6.07) is 5.65. The van der Waals surface area contributed by atoms with Gasteiger partial charge in [-0.05, 0) is 49.9 Å². The first-order valence-electron chi connectivity index (χ1n) is 9.98. The van der Waals surface area contributed by atoms with Gasteiger partial charge in [-0.15, -0.1) is 12.4 Å². The molecule has 2 amide bonds. The number of hydrogen-bond acceptors (Lipinski definition) is 5. The fraction of sp³-hybridized carbons (Fsp3) is 0.600. The standard InChI is InChI=1S/C20H28N4O4.ClH/c1-15(17-3-2-8-21-14-17)13-19(25)22-9-11-23(12-10-22)20(26)16-4-6-18(7-5-16)24(27)28;/h4-7,15,17,21H,2-3,8-14H2,1H3;1H. The predicted molar refractivity (Wildman–Crippen MR) is 112 cm³/mol. The summed E-state index contributed by atoms with van der Waals surface area (Å²) in [7, 11) is 0. The number of non-ortho nitro benzene ring substituents is 1. The average molecular weight is 425 g/mol. The van der Waals surface area contributed by atoms with Crippen LogP contribution in [0.5, 0.6) is 0 Å². The first-order valence-corrected chi connectivity index (χ1v) is 9.98. The molecule has 0 aromatic heterocycles. The van der Waals surface area contributed by atoms with Crippen LogP contribution in [0.1, 0.15) is 36.5 Å². The Labute approximate surface area is 177 Å². The van der Waals surface area contributed by atoms with E-state index < -0.39 is 4.92 Å². The first-order chi connectivity index (χ1) is 13.5. The molecule has 2 atom stereocenters. The van der Waals surface area contributed by atoms with Crippen molar-refractivity contribution < 1.29 is 14.5 Å². The van der Waals surface area contributed by atoms with Crippen molar-refractivity contribution in [3.8, 4) is 0 Å². The van der Waals surface area contributed by atoms with Crippen molar-refractivity contribution in [2.75, 3.05) is 39.3 Å². The maximum atomic E-state index is 12.6. The minimum atomic E-state index is -0.483. The van der Waals surface area contributed by atoms with Gasteiger partial charge in [0, 0.05) is 50.3 Å². The number of piperazine rings is 1. The highest BCUT2D eigenvalue weighted by atomic mass is 35.5. The first kappa shape index (κ1) is 23.1. The van der Waals surface area contributed by atoms with Crippen molar-refractivity contribution in [1.29, 1.82) is 0 Å². The van der Waals surface area contributed by atoms with Crippen LogP contribution >= 0.6 is 12.4 Å². The van der Waals surface area contributed by atoms with Crippen molar-refractivity contribution in [2.24, 2.45) is 11.8 Å². The average Bonchev–Trinajstić information content (AvgIpc) is 2.74. The summed E-state index contributed by atoms with van der Waals surface area (Å²) in [5.41, 5.74) is 0.401. The molecule has 0 radical (unpaired) electrons.